The number of hydrogen-bond donors (Lipinski definition) is 1. The Kier molecular flexibility index (Phi) is 9.64. The number of ether oxygens (including phenoxy) is 1. The first kappa shape index (κ1) is 23.1. The minimum Gasteiger partial charge on any atom is -0.374 e. The van der Waals surface area contributed by atoms with Gasteiger partial charge in [-0.25, -0.2) is 0 Å². The molecule has 0 bridgehead atoms. The van der Waals surface area contributed by atoms with Crippen LogP contribution in [0, 0.1) is 5.92 Å². The molecule has 2 rings (SSSR count). The highest BCUT2D eigenvalue weighted by Gasteiger charge is 2.23. The molecule has 0 aromatic carbocycles. The van der Waals surface area contributed by atoms with Gasteiger partial charge < -0.3 is 15.0 Å². The van der Waals surface area contributed by atoms with Gasteiger partial charge in [-0.1, -0.05) is 13.8 Å². The number of nitrogens with zero attached hydrogens (tertiary/aromatic N) is 4. The van der Waals surface area contributed by atoms with E-state index in [2.05, 4.69) is 33.9 Å². The normalized spacial score (nSPS) is 22.8. The van der Waals surface area contributed by atoms with Crippen LogP contribution in [0.1, 0.15) is 20.3 Å². The summed E-state index contributed by atoms with van der Waals surface area (Å²) in [6.45, 7) is 13.0. The minimum absolute atomic E-state index is 0.0578. The second kappa shape index (κ2) is 11.7. The van der Waals surface area contributed by atoms with E-state index < -0.39 is 0 Å². The van der Waals surface area contributed by atoms with E-state index in [1.165, 1.54) is 0 Å². The predicted octanol–water partition coefficient (Wildman–Crippen LogP) is -0.445. The second-order valence-electron chi connectivity index (χ2n) is 8.64. The number of likely N-dealkylation sites (N-methyl/N-ethyl adjacent to an activating group) is 1. The quantitative estimate of drug-likeness (QED) is 0.599. The maximum absolute atomic E-state index is 12.4. The summed E-state index contributed by atoms with van der Waals surface area (Å²) in [6.07, 6.45) is 1.05. The van der Waals surface area contributed by atoms with Crippen LogP contribution in [0.4, 0.5) is 0 Å². The zero-order valence-electron chi connectivity index (χ0n) is 18.2. The molecule has 0 aromatic rings. The monoisotopic (exact) mass is 397 g/mol. The number of nitrogens with one attached hydrogen (secondary N) is 1. The van der Waals surface area contributed by atoms with Crippen molar-refractivity contribution in [3.05, 3.63) is 0 Å². The van der Waals surface area contributed by atoms with Crippen LogP contribution >= 0.6 is 0 Å². The molecular formula is C20H39N5O3. The Bertz CT molecular complexity index is 500. The number of amides is 2. The molecule has 2 amide bonds. The number of carbonyl (C=O) groups excluding carboxylic acids is 2. The van der Waals surface area contributed by atoms with E-state index in [1.54, 1.807) is 19.0 Å². The van der Waals surface area contributed by atoms with E-state index >= 15 is 0 Å². The van der Waals surface area contributed by atoms with Gasteiger partial charge in [0, 0.05) is 53.4 Å². The molecule has 162 valence electrons. The maximum Gasteiger partial charge on any atom is 0.236 e. The highest BCUT2D eigenvalue weighted by molar-refractivity contribution is 5.78. The first-order valence-corrected chi connectivity index (χ1v) is 10.6. The zero-order chi connectivity index (χ0) is 20.5. The Labute approximate surface area is 170 Å². The molecule has 28 heavy (non-hydrogen) atoms. The minimum atomic E-state index is 0.0578. The summed E-state index contributed by atoms with van der Waals surface area (Å²) in [5.41, 5.74) is 0. The molecule has 2 aliphatic rings. The highest BCUT2D eigenvalue weighted by atomic mass is 16.5. The van der Waals surface area contributed by atoms with Crippen molar-refractivity contribution in [1.29, 1.82) is 0 Å². The van der Waals surface area contributed by atoms with E-state index in [0.717, 1.165) is 58.8 Å². The van der Waals surface area contributed by atoms with Gasteiger partial charge in [-0.3, -0.25) is 24.3 Å². The van der Waals surface area contributed by atoms with E-state index in [0.29, 0.717) is 25.6 Å². The predicted molar refractivity (Wildman–Crippen MR) is 110 cm³/mol. The van der Waals surface area contributed by atoms with Crippen LogP contribution in [-0.4, -0.2) is 124 Å². The molecule has 2 saturated heterocycles. The average molecular weight is 398 g/mol. The first-order valence-electron chi connectivity index (χ1n) is 10.6. The summed E-state index contributed by atoms with van der Waals surface area (Å²) >= 11 is 0. The third-order valence-electron chi connectivity index (χ3n) is 5.28. The summed E-state index contributed by atoms with van der Waals surface area (Å²) in [5, 5.41) is 3.05. The number of rotatable bonds is 8. The molecule has 2 aliphatic heterocycles. The van der Waals surface area contributed by atoms with Crippen LogP contribution in [-0.2, 0) is 14.3 Å². The average Bonchev–Trinajstić information content (AvgIpc) is 2.85. The fourth-order valence-corrected chi connectivity index (χ4v) is 3.75. The topological polar surface area (TPSA) is 68.4 Å². The Hall–Kier alpha value is -1.22. The van der Waals surface area contributed by atoms with Crippen molar-refractivity contribution in [2.75, 3.05) is 86.1 Å². The first-order chi connectivity index (χ1) is 13.3. The fourth-order valence-electron chi connectivity index (χ4n) is 3.75. The Morgan fingerprint density at radius 1 is 1.04 bits per heavy atom. The molecule has 0 saturated carbocycles. The van der Waals surface area contributed by atoms with Gasteiger partial charge in [0.05, 0.1) is 25.8 Å². The van der Waals surface area contributed by atoms with E-state index in [9.17, 15) is 9.59 Å². The molecule has 1 unspecified atom stereocenters. The number of morpholine rings is 1. The molecule has 1 atom stereocenters. The Morgan fingerprint density at radius 2 is 1.71 bits per heavy atom. The largest absolute Gasteiger partial charge is 0.374 e. The fraction of sp³-hybridized carbons (Fsp3) is 0.900. The molecular weight excluding hydrogens is 358 g/mol. The molecule has 2 heterocycles. The molecule has 0 aromatic heterocycles. The molecule has 0 radical (unpaired) electrons. The molecule has 8 nitrogen and oxygen atoms in total. The SMILES string of the molecule is CC(C)CN1CCOC(CNC(=O)CN2CCCN(CC(=O)N(C)C)CC2)C1. The number of carbonyl (C=O) groups is 2. The van der Waals surface area contributed by atoms with Crippen molar-refractivity contribution in [3.8, 4) is 0 Å². The number of hydrogen-bond acceptors (Lipinski definition) is 6. The van der Waals surface area contributed by atoms with Crippen LogP contribution in [0.15, 0.2) is 0 Å². The molecule has 8 heteroatoms. The van der Waals surface area contributed by atoms with Crippen molar-refractivity contribution >= 4 is 11.8 Å². The lowest BCUT2D eigenvalue weighted by Crippen LogP contribution is -2.49. The van der Waals surface area contributed by atoms with Gasteiger partial charge in [0.2, 0.25) is 11.8 Å². The summed E-state index contributed by atoms with van der Waals surface area (Å²) < 4.78 is 5.81. The lowest BCUT2D eigenvalue weighted by atomic mass is 10.2. The van der Waals surface area contributed by atoms with Gasteiger partial charge >= 0.3 is 0 Å². The van der Waals surface area contributed by atoms with Crippen LogP contribution in [0.2, 0.25) is 0 Å². The molecule has 0 aliphatic carbocycles. The zero-order valence-corrected chi connectivity index (χ0v) is 18.2. The molecule has 1 N–H and O–H groups in total. The van der Waals surface area contributed by atoms with Crippen molar-refractivity contribution in [3.63, 3.8) is 0 Å². The van der Waals surface area contributed by atoms with Gasteiger partial charge in [0.25, 0.3) is 0 Å². The maximum atomic E-state index is 12.4. The molecule has 0 spiro atoms. The van der Waals surface area contributed by atoms with Crippen LogP contribution in [0.25, 0.3) is 0 Å². The van der Waals surface area contributed by atoms with Gasteiger partial charge in [-0.2, -0.15) is 0 Å². The van der Waals surface area contributed by atoms with Crippen molar-refractivity contribution in [2.45, 2.75) is 26.4 Å². The lowest BCUT2D eigenvalue weighted by molar-refractivity contribution is -0.130. The van der Waals surface area contributed by atoms with Gasteiger partial charge in [-0.05, 0) is 25.4 Å². The third kappa shape index (κ3) is 8.43. The summed E-state index contributed by atoms with van der Waals surface area (Å²) in [7, 11) is 3.57. The van der Waals surface area contributed by atoms with Crippen molar-refractivity contribution in [1.82, 2.24) is 24.9 Å². The third-order valence-corrected chi connectivity index (χ3v) is 5.28. The standard InChI is InChI=1S/C20H39N5O3/c1-17(2)13-25-10-11-28-18(14-25)12-21-19(26)15-23-6-5-7-24(9-8-23)16-20(27)22(3)4/h17-18H,5-16H2,1-4H3,(H,21,26). The van der Waals surface area contributed by atoms with Crippen molar-refractivity contribution < 1.29 is 14.3 Å². The van der Waals surface area contributed by atoms with Gasteiger partial charge in [-0.15, -0.1) is 0 Å². The molecule has 2 fully saturated rings. The summed E-state index contributed by atoms with van der Waals surface area (Å²) in [5.74, 6) is 0.830. The smallest absolute Gasteiger partial charge is 0.236 e. The van der Waals surface area contributed by atoms with E-state index in [4.69, 9.17) is 4.74 Å². The van der Waals surface area contributed by atoms with Gasteiger partial charge in [0.15, 0.2) is 0 Å². The highest BCUT2D eigenvalue weighted by Crippen LogP contribution is 2.08. The van der Waals surface area contributed by atoms with Crippen molar-refractivity contribution in [2.24, 2.45) is 5.92 Å². The summed E-state index contributed by atoms with van der Waals surface area (Å²) in [4.78, 5) is 32.7. The van der Waals surface area contributed by atoms with Crippen LogP contribution < -0.4 is 5.32 Å². The summed E-state index contributed by atoms with van der Waals surface area (Å²) in [6, 6.07) is 0. The van der Waals surface area contributed by atoms with E-state index in [1.807, 2.05) is 0 Å². The van der Waals surface area contributed by atoms with E-state index in [-0.39, 0.29) is 17.9 Å². The van der Waals surface area contributed by atoms with Gasteiger partial charge in [0.1, 0.15) is 0 Å². The second-order valence-corrected chi connectivity index (χ2v) is 8.64. The van der Waals surface area contributed by atoms with Crippen LogP contribution in [0.5, 0.6) is 0 Å². The lowest BCUT2D eigenvalue weighted by Gasteiger charge is -2.34. The Balaban J connectivity index is 1.66. The van der Waals surface area contributed by atoms with Crippen LogP contribution in [0.3, 0.4) is 0 Å². The Morgan fingerprint density at radius 3 is 2.36 bits per heavy atom.